The van der Waals surface area contributed by atoms with E-state index in [1.165, 1.54) is 0 Å². The molecule has 0 radical (unpaired) electrons. The van der Waals surface area contributed by atoms with E-state index in [-0.39, 0.29) is 0 Å². The van der Waals surface area contributed by atoms with Gasteiger partial charge in [-0.05, 0) is 17.7 Å². The Balaban J connectivity index is 1.99. The third-order valence-corrected chi connectivity index (χ3v) is 2.59. The number of rotatable bonds is 4. The number of hydrazine groups is 1. The van der Waals surface area contributed by atoms with Gasteiger partial charge in [0.1, 0.15) is 6.61 Å². The maximum atomic E-state index is 5.51. The Labute approximate surface area is 107 Å². The second kappa shape index (κ2) is 5.60. The molecule has 17 heavy (non-hydrogen) atoms. The minimum Gasteiger partial charge on any atom is -0.473 e. The van der Waals surface area contributed by atoms with Gasteiger partial charge < -0.3 is 4.74 Å². The van der Waals surface area contributed by atoms with Crippen molar-refractivity contribution in [2.75, 3.05) is 5.43 Å². The highest BCUT2D eigenvalue weighted by atomic mass is 79.9. The van der Waals surface area contributed by atoms with E-state index in [4.69, 9.17) is 10.6 Å². The van der Waals surface area contributed by atoms with Gasteiger partial charge in [0.15, 0.2) is 0 Å². The second-order valence-electron chi connectivity index (χ2n) is 3.28. The number of benzene rings is 1. The van der Waals surface area contributed by atoms with Gasteiger partial charge in [-0.25, -0.2) is 10.8 Å². The summed E-state index contributed by atoms with van der Waals surface area (Å²) in [5, 5.41) is 0. The van der Waals surface area contributed by atoms with Gasteiger partial charge in [0.05, 0.1) is 0 Å². The number of nitrogens with zero attached hydrogens (tertiary/aromatic N) is 2. The van der Waals surface area contributed by atoms with Crippen LogP contribution in [0.4, 0.5) is 5.95 Å². The van der Waals surface area contributed by atoms with E-state index in [1.807, 2.05) is 24.3 Å². The van der Waals surface area contributed by atoms with Crippen LogP contribution in [0.1, 0.15) is 5.56 Å². The number of ether oxygens (including phenoxy) is 1. The summed E-state index contributed by atoms with van der Waals surface area (Å²) in [6.07, 6.45) is 1.58. The number of nitrogens with two attached hydrogens (primary N) is 1. The molecule has 1 aromatic heterocycles. The van der Waals surface area contributed by atoms with Gasteiger partial charge in [0, 0.05) is 16.7 Å². The fourth-order valence-electron chi connectivity index (χ4n) is 1.23. The van der Waals surface area contributed by atoms with E-state index >= 15 is 0 Å². The molecule has 0 amide bonds. The number of hydrogen-bond acceptors (Lipinski definition) is 5. The van der Waals surface area contributed by atoms with Gasteiger partial charge in [-0.15, -0.1) is 0 Å². The molecule has 0 atom stereocenters. The predicted molar refractivity (Wildman–Crippen MR) is 68.3 cm³/mol. The average Bonchev–Trinajstić information content (AvgIpc) is 2.38. The van der Waals surface area contributed by atoms with E-state index in [2.05, 4.69) is 31.3 Å². The van der Waals surface area contributed by atoms with Crippen molar-refractivity contribution >= 4 is 21.9 Å². The van der Waals surface area contributed by atoms with Gasteiger partial charge in [0.2, 0.25) is 11.8 Å². The third-order valence-electron chi connectivity index (χ3n) is 2.06. The first-order chi connectivity index (χ1) is 8.28. The summed E-state index contributed by atoms with van der Waals surface area (Å²) in [5.74, 6) is 6.02. The first-order valence-corrected chi connectivity index (χ1v) is 5.74. The summed E-state index contributed by atoms with van der Waals surface area (Å²) in [4.78, 5) is 7.94. The lowest BCUT2D eigenvalue weighted by atomic mass is 10.2. The maximum absolute atomic E-state index is 5.51. The topological polar surface area (TPSA) is 73.1 Å². The molecule has 0 unspecified atom stereocenters. The Hall–Kier alpha value is -1.66. The lowest BCUT2D eigenvalue weighted by Gasteiger charge is -2.06. The van der Waals surface area contributed by atoms with E-state index in [0.717, 1.165) is 10.0 Å². The molecule has 1 aromatic carbocycles. The van der Waals surface area contributed by atoms with Crippen molar-refractivity contribution in [3.05, 3.63) is 46.6 Å². The molecular formula is C11H11BrN4O. The van der Waals surface area contributed by atoms with Crippen LogP contribution in [0, 0.1) is 0 Å². The standard InChI is InChI=1S/C11H11BrN4O/c12-9-3-1-8(2-4-9)7-17-10-5-6-14-11(15-10)16-13/h1-6H,7,13H2,(H,14,15,16). The molecule has 2 rings (SSSR count). The molecule has 5 nitrogen and oxygen atoms in total. The molecule has 88 valence electrons. The number of aromatic nitrogens is 2. The minimum absolute atomic E-state index is 0.332. The van der Waals surface area contributed by atoms with Gasteiger partial charge in [-0.3, -0.25) is 5.43 Å². The summed E-state index contributed by atoms with van der Waals surface area (Å²) in [7, 11) is 0. The van der Waals surface area contributed by atoms with Crippen LogP contribution in [0.5, 0.6) is 5.88 Å². The van der Waals surface area contributed by atoms with E-state index in [1.54, 1.807) is 12.3 Å². The first kappa shape index (κ1) is 11.8. The third kappa shape index (κ3) is 3.40. The normalized spacial score (nSPS) is 10.0. The molecular weight excluding hydrogens is 284 g/mol. The molecule has 0 saturated heterocycles. The molecule has 0 bridgehead atoms. The Bertz CT molecular complexity index is 489. The SMILES string of the molecule is NNc1nccc(OCc2ccc(Br)cc2)n1. The molecule has 0 spiro atoms. The number of hydrogen-bond donors (Lipinski definition) is 2. The lowest BCUT2D eigenvalue weighted by molar-refractivity contribution is 0.293. The highest BCUT2D eigenvalue weighted by Gasteiger charge is 1.99. The van der Waals surface area contributed by atoms with Crippen molar-refractivity contribution in [3.8, 4) is 5.88 Å². The van der Waals surface area contributed by atoms with Crippen LogP contribution in [-0.4, -0.2) is 9.97 Å². The summed E-state index contributed by atoms with van der Waals surface area (Å²) >= 11 is 3.38. The number of anilines is 1. The number of halogens is 1. The van der Waals surface area contributed by atoms with Gasteiger partial charge in [-0.2, -0.15) is 4.98 Å². The molecule has 0 aliphatic carbocycles. The summed E-state index contributed by atoms with van der Waals surface area (Å²) < 4.78 is 6.55. The fraction of sp³-hybridized carbons (Fsp3) is 0.0909. The summed E-state index contributed by atoms with van der Waals surface area (Å²) in [6, 6.07) is 9.57. The van der Waals surface area contributed by atoms with Crippen molar-refractivity contribution < 1.29 is 4.74 Å². The first-order valence-electron chi connectivity index (χ1n) is 4.95. The van der Waals surface area contributed by atoms with Crippen molar-refractivity contribution in [1.29, 1.82) is 0 Å². The predicted octanol–water partition coefficient (Wildman–Crippen LogP) is 2.10. The monoisotopic (exact) mass is 294 g/mol. The molecule has 2 aromatic rings. The zero-order chi connectivity index (χ0) is 12.1. The van der Waals surface area contributed by atoms with E-state index in [9.17, 15) is 0 Å². The molecule has 0 aliphatic rings. The molecule has 6 heteroatoms. The Morgan fingerprint density at radius 3 is 2.71 bits per heavy atom. The molecule has 0 aliphatic heterocycles. The van der Waals surface area contributed by atoms with E-state index in [0.29, 0.717) is 18.4 Å². The largest absolute Gasteiger partial charge is 0.473 e. The zero-order valence-corrected chi connectivity index (χ0v) is 10.5. The second-order valence-corrected chi connectivity index (χ2v) is 4.19. The van der Waals surface area contributed by atoms with Crippen LogP contribution in [-0.2, 0) is 6.61 Å². The number of nitrogen functional groups attached to an aromatic ring is 1. The fourth-order valence-corrected chi connectivity index (χ4v) is 1.49. The van der Waals surface area contributed by atoms with Gasteiger partial charge >= 0.3 is 0 Å². The van der Waals surface area contributed by atoms with Crippen molar-refractivity contribution in [1.82, 2.24) is 9.97 Å². The molecule has 0 saturated carbocycles. The van der Waals surface area contributed by atoms with Gasteiger partial charge in [-0.1, -0.05) is 28.1 Å². The maximum Gasteiger partial charge on any atom is 0.240 e. The van der Waals surface area contributed by atoms with Gasteiger partial charge in [0.25, 0.3) is 0 Å². The summed E-state index contributed by atoms with van der Waals surface area (Å²) in [6.45, 7) is 0.453. The van der Waals surface area contributed by atoms with Crippen LogP contribution in [0.25, 0.3) is 0 Å². The van der Waals surface area contributed by atoms with Crippen LogP contribution in [0.15, 0.2) is 41.0 Å². The lowest BCUT2D eigenvalue weighted by Crippen LogP contribution is -2.10. The zero-order valence-electron chi connectivity index (χ0n) is 8.93. The Kier molecular flexibility index (Phi) is 3.89. The minimum atomic E-state index is 0.332. The van der Waals surface area contributed by atoms with Crippen LogP contribution in [0.3, 0.4) is 0 Å². The van der Waals surface area contributed by atoms with Crippen LogP contribution >= 0.6 is 15.9 Å². The summed E-state index contributed by atoms with van der Waals surface area (Å²) in [5.41, 5.74) is 3.43. The molecule has 0 fully saturated rings. The van der Waals surface area contributed by atoms with Crippen LogP contribution in [0.2, 0.25) is 0 Å². The van der Waals surface area contributed by atoms with Crippen molar-refractivity contribution in [2.24, 2.45) is 5.84 Å². The van der Waals surface area contributed by atoms with Crippen molar-refractivity contribution in [3.63, 3.8) is 0 Å². The van der Waals surface area contributed by atoms with E-state index < -0.39 is 0 Å². The highest BCUT2D eigenvalue weighted by Crippen LogP contribution is 2.13. The molecule has 1 heterocycles. The highest BCUT2D eigenvalue weighted by molar-refractivity contribution is 9.10. The molecule has 3 N–H and O–H groups in total. The Morgan fingerprint density at radius 2 is 2.00 bits per heavy atom. The smallest absolute Gasteiger partial charge is 0.240 e. The number of nitrogens with one attached hydrogen (secondary N) is 1. The van der Waals surface area contributed by atoms with Crippen LogP contribution < -0.4 is 16.0 Å². The Morgan fingerprint density at radius 1 is 1.24 bits per heavy atom. The van der Waals surface area contributed by atoms with Crippen molar-refractivity contribution in [2.45, 2.75) is 6.61 Å². The average molecular weight is 295 g/mol. The quantitative estimate of drug-likeness (QED) is 0.667.